The molecule has 0 amide bonds. The molecule has 0 aliphatic carbocycles. The van der Waals surface area contributed by atoms with E-state index in [0.29, 0.717) is 16.2 Å². The highest BCUT2D eigenvalue weighted by Crippen LogP contribution is 2.32. The lowest BCUT2D eigenvalue weighted by Gasteiger charge is -2.09. The van der Waals surface area contributed by atoms with Crippen LogP contribution in [0.5, 0.6) is 0 Å². The number of rotatable bonds is 5. The van der Waals surface area contributed by atoms with Crippen LogP contribution in [0, 0.1) is 15.9 Å². The van der Waals surface area contributed by atoms with Gasteiger partial charge in [-0.3, -0.25) is 16.0 Å². The summed E-state index contributed by atoms with van der Waals surface area (Å²) in [7, 11) is 0. The number of nitro benzene ring substituents is 1. The molecule has 5 nitrogen and oxygen atoms in total. The third kappa shape index (κ3) is 3.06. The maximum atomic E-state index is 13.5. The predicted molar refractivity (Wildman–Crippen MR) is 76.9 cm³/mol. The second-order valence-corrected chi connectivity index (χ2v) is 4.95. The minimum absolute atomic E-state index is 0.0980. The van der Waals surface area contributed by atoms with E-state index in [1.54, 1.807) is 30.3 Å². The van der Waals surface area contributed by atoms with Crippen molar-refractivity contribution in [3.8, 4) is 0 Å². The molecule has 0 unspecified atom stereocenters. The molecule has 0 aliphatic heterocycles. The van der Waals surface area contributed by atoms with Gasteiger partial charge in [0.25, 0.3) is 5.69 Å². The zero-order valence-corrected chi connectivity index (χ0v) is 11.2. The van der Waals surface area contributed by atoms with Crippen LogP contribution in [0.25, 0.3) is 0 Å². The number of nitrogens with one attached hydrogen (secondary N) is 1. The Morgan fingerprint density at radius 2 is 2.00 bits per heavy atom. The lowest BCUT2D eigenvalue weighted by molar-refractivity contribution is -0.384. The second-order valence-electron chi connectivity index (χ2n) is 3.93. The fourth-order valence-corrected chi connectivity index (χ4v) is 2.68. The van der Waals surface area contributed by atoms with E-state index in [2.05, 4.69) is 5.43 Å². The molecule has 20 heavy (non-hydrogen) atoms. The van der Waals surface area contributed by atoms with Crippen LogP contribution in [-0.4, -0.2) is 4.92 Å². The first-order valence-corrected chi connectivity index (χ1v) is 6.72. The first-order chi connectivity index (χ1) is 9.63. The summed E-state index contributed by atoms with van der Waals surface area (Å²) >= 11 is 1.26. The molecule has 0 atom stereocenters. The summed E-state index contributed by atoms with van der Waals surface area (Å²) in [6.07, 6.45) is 0. The Hall–Kier alpha value is -2.12. The molecule has 0 radical (unpaired) electrons. The van der Waals surface area contributed by atoms with Crippen LogP contribution >= 0.6 is 11.8 Å². The first-order valence-electron chi connectivity index (χ1n) is 5.73. The van der Waals surface area contributed by atoms with E-state index in [1.807, 2.05) is 0 Å². The molecule has 0 spiro atoms. The van der Waals surface area contributed by atoms with Crippen molar-refractivity contribution < 1.29 is 9.31 Å². The fourth-order valence-electron chi connectivity index (χ4n) is 1.74. The number of nitrogens with two attached hydrogens (primary N) is 1. The number of hydrogen-bond acceptors (Lipinski definition) is 5. The van der Waals surface area contributed by atoms with Crippen molar-refractivity contribution >= 4 is 23.1 Å². The number of hydrazine groups is 1. The van der Waals surface area contributed by atoms with Crippen molar-refractivity contribution in [3.05, 3.63) is 64.0 Å². The van der Waals surface area contributed by atoms with Crippen LogP contribution in [0.15, 0.2) is 47.4 Å². The molecule has 2 aromatic rings. The minimum atomic E-state index is -0.507. The van der Waals surface area contributed by atoms with Crippen LogP contribution in [0.4, 0.5) is 15.8 Å². The van der Waals surface area contributed by atoms with E-state index in [0.717, 1.165) is 0 Å². The summed E-state index contributed by atoms with van der Waals surface area (Å²) in [5, 5.41) is 10.9. The molecule has 0 aliphatic rings. The molecule has 0 bridgehead atoms. The van der Waals surface area contributed by atoms with Crippen molar-refractivity contribution in [1.82, 2.24) is 0 Å². The molecule has 3 N–H and O–H groups in total. The number of nitrogen functional groups attached to an aromatic ring is 1. The number of para-hydroxylation sites is 1. The van der Waals surface area contributed by atoms with Gasteiger partial charge in [0.05, 0.1) is 4.92 Å². The van der Waals surface area contributed by atoms with Gasteiger partial charge in [0.15, 0.2) is 0 Å². The number of benzene rings is 2. The standard InChI is InChI=1S/C13H12FN3O2S/c14-10-5-1-2-7-12(10)20-8-9-4-3-6-11(17(18)19)13(9)16-15/h1-7,16H,8,15H2. The molecule has 104 valence electrons. The van der Waals surface area contributed by atoms with Crippen molar-refractivity contribution in [3.63, 3.8) is 0 Å². The van der Waals surface area contributed by atoms with Gasteiger partial charge in [-0.05, 0) is 17.7 Å². The van der Waals surface area contributed by atoms with Gasteiger partial charge in [-0.15, -0.1) is 11.8 Å². The average Bonchev–Trinajstić information content (AvgIpc) is 2.45. The largest absolute Gasteiger partial charge is 0.318 e. The van der Waals surface area contributed by atoms with Gasteiger partial charge in [0, 0.05) is 16.7 Å². The highest BCUT2D eigenvalue weighted by atomic mass is 32.2. The SMILES string of the molecule is NNc1c(CSc2ccccc2F)cccc1[N+](=O)[O-]. The van der Waals surface area contributed by atoms with E-state index < -0.39 is 4.92 Å². The summed E-state index contributed by atoms with van der Waals surface area (Å²) in [6, 6.07) is 11.0. The van der Waals surface area contributed by atoms with Crippen LogP contribution < -0.4 is 11.3 Å². The summed E-state index contributed by atoms with van der Waals surface area (Å²) in [5.74, 6) is 5.41. The highest BCUT2D eigenvalue weighted by molar-refractivity contribution is 7.98. The minimum Gasteiger partial charge on any atom is -0.318 e. The number of thioether (sulfide) groups is 1. The highest BCUT2D eigenvalue weighted by Gasteiger charge is 2.16. The Labute approximate surface area is 119 Å². The Balaban J connectivity index is 2.24. The van der Waals surface area contributed by atoms with E-state index in [9.17, 15) is 14.5 Å². The lowest BCUT2D eigenvalue weighted by Crippen LogP contribution is -2.11. The van der Waals surface area contributed by atoms with E-state index in [1.165, 1.54) is 23.9 Å². The van der Waals surface area contributed by atoms with Crippen molar-refractivity contribution in [1.29, 1.82) is 0 Å². The van der Waals surface area contributed by atoms with E-state index in [-0.39, 0.29) is 17.2 Å². The predicted octanol–water partition coefficient (Wildman–Crippen LogP) is 3.31. The smallest absolute Gasteiger partial charge is 0.293 e. The zero-order valence-electron chi connectivity index (χ0n) is 10.4. The Morgan fingerprint density at radius 3 is 2.65 bits per heavy atom. The van der Waals surface area contributed by atoms with Crippen LogP contribution in [0.2, 0.25) is 0 Å². The number of halogens is 1. The summed E-state index contributed by atoms with van der Waals surface area (Å²) in [6.45, 7) is 0. The third-order valence-corrected chi connectivity index (χ3v) is 3.79. The van der Waals surface area contributed by atoms with Gasteiger partial charge in [-0.1, -0.05) is 24.3 Å². The van der Waals surface area contributed by atoms with Crippen LogP contribution in [-0.2, 0) is 5.75 Å². The maximum absolute atomic E-state index is 13.5. The summed E-state index contributed by atoms with van der Waals surface area (Å²) in [4.78, 5) is 10.9. The third-order valence-electron chi connectivity index (χ3n) is 2.69. The van der Waals surface area contributed by atoms with Crippen LogP contribution in [0.1, 0.15) is 5.56 Å². The first kappa shape index (κ1) is 14.3. The van der Waals surface area contributed by atoms with Gasteiger partial charge in [0.1, 0.15) is 11.5 Å². The molecular weight excluding hydrogens is 281 g/mol. The second kappa shape index (κ2) is 6.36. The molecule has 2 rings (SSSR count). The van der Waals surface area contributed by atoms with Crippen molar-refractivity contribution in [2.75, 3.05) is 5.43 Å². The molecule has 0 heterocycles. The monoisotopic (exact) mass is 293 g/mol. The molecule has 2 aromatic carbocycles. The molecule has 0 fully saturated rings. The maximum Gasteiger partial charge on any atom is 0.293 e. The Bertz CT molecular complexity index is 637. The Morgan fingerprint density at radius 1 is 1.25 bits per heavy atom. The van der Waals surface area contributed by atoms with Crippen LogP contribution in [0.3, 0.4) is 0 Å². The van der Waals surface area contributed by atoms with E-state index >= 15 is 0 Å². The molecule has 0 saturated heterocycles. The number of anilines is 1. The van der Waals surface area contributed by atoms with Crippen molar-refractivity contribution in [2.24, 2.45) is 5.84 Å². The van der Waals surface area contributed by atoms with Gasteiger partial charge in [-0.25, -0.2) is 4.39 Å². The number of nitrogens with zero attached hydrogens (tertiary/aromatic N) is 1. The lowest BCUT2D eigenvalue weighted by atomic mass is 10.2. The molecular formula is C13H12FN3O2S. The summed E-state index contributed by atoms with van der Waals surface area (Å²) < 4.78 is 13.5. The normalized spacial score (nSPS) is 10.3. The molecule has 0 aromatic heterocycles. The zero-order chi connectivity index (χ0) is 14.5. The van der Waals surface area contributed by atoms with E-state index in [4.69, 9.17) is 5.84 Å². The summed E-state index contributed by atoms with van der Waals surface area (Å²) in [5.41, 5.74) is 3.15. The van der Waals surface area contributed by atoms with Gasteiger partial charge < -0.3 is 5.43 Å². The molecule has 0 saturated carbocycles. The quantitative estimate of drug-likeness (QED) is 0.382. The van der Waals surface area contributed by atoms with Crippen molar-refractivity contribution in [2.45, 2.75) is 10.6 Å². The topological polar surface area (TPSA) is 81.2 Å². The molecule has 7 heteroatoms. The fraction of sp³-hybridized carbons (Fsp3) is 0.0769. The number of hydrogen-bond donors (Lipinski definition) is 2. The van der Waals surface area contributed by atoms with Gasteiger partial charge in [0.2, 0.25) is 0 Å². The number of nitro groups is 1. The average molecular weight is 293 g/mol. The Kier molecular flexibility index (Phi) is 4.54. The van der Waals surface area contributed by atoms with Gasteiger partial charge in [-0.2, -0.15) is 0 Å². The van der Waals surface area contributed by atoms with Gasteiger partial charge >= 0.3 is 0 Å².